The normalized spacial score (nSPS) is 19.4. The maximum absolute atomic E-state index is 12.5. The van der Waals surface area contributed by atoms with Crippen molar-refractivity contribution in [3.05, 3.63) is 0 Å². The van der Waals surface area contributed by atoms with Crippen molar-refractivity contribution < 1.29 is 29.1 Å². The molecule has 1 aliphatic rings. The van der Waals surface area contributed by atoms with E-state index < -0.39 is 53.8 Å². The third kappa shape index (κ3) is 6.68. The molecular formula is C16H27N5O6S. The van der Waals surface area contributed by atoms with Gasteiger partial charge in [-0.2, -0.15) is 12.6 Å². The van der Waals surface area contributed by atoms with Crippen molar-refractivity contribution in [1.29, 1.82) is 0 Å². The Bertz CT molecular complexity index is 631. The van der Waals surface area contributed by atoms with E-state index in [1.807, 2.05) is 0 Å². The summed E-state index contributed by atoms with van der Waals surface area (Å²) in [5.74, 6) is -3.58. The second-order valence-electron chi connectivity index (χ2n) is 6.61. The van der Waals surface area contributed by atoms with Crippen LogP contribution in [0.15, 0.2) is 0 Å². The van der Waals surface area contributed by atoms with E-state index in [9.17, 15) is 24.0 Å². The SMILES string of the molecule is CC(NC(=O)C1CCCN1C(=O)C(N)CCC(N)=O)C(=O)NC(CS)C(=O)O. The first-order chi connectivity index (χ1) is 13.1. The molecule has 11 nitrogen and oxygen atoms in total. The van der Waals surface area contributed by atoms with Gasteiger partial charge in [0, 0.05) is 18.7 Å². The Balaban J connectivity index is 2.66. The van der Waals surface area contributed by atoms with E-state index in [1.165, 1.54) is 11.8 Å². The van der Waals surface area contributed by atoms with Gasteiger partial charge < -0.3 is 32.1 Å². The molecule has 12 heteroatoms. The predicted molar refractivity (Wildman–Crippen MR) is 102 cm³/mol. The number of primary amides is 1. The number of nitrogens with two attached hydrogens (primary N) is 2. The fourth-order valence-electron chi connectivity index (χ4n) is 2.79. The Morgan fingerprint density at radius 3 is 2.43 bits per heavy atom. The van der Waals surface area contributed by atoms with Gasteiger partial charge in [0.15, 0.2) is 0 Å². The van der Waals surface area contributed by atoms with Crippen LogP contribution in [0.4, 0.5) is 0 Å². The second-order valence-corrected chi connectivity index (χ2v) is 6.98. The predicted octanol–water partition coefficient (Wildman–Crippen LogP) is -2.43. The summed E-state index contributed by atoms with van der Waals surface area (Å²) in [5.41, 5.74) is 10.9. The largest absolute Gasteiger partial charge is 0.480 e. The number of hydrogen-bond acceptors (Lipinski definition) is 7. The number of amides is 4. The number of aliphatic carboxylic acids is 1. The maximum atomic E-state index is 12.5. The number of carboxylic acids is 1. The van der Waals surface area contributed by atoms with Gasteiger partial charge in [-0.3, -0.25) is 19.2 Å². The highest BCUT2D eigenvalue weighted by Crippen LogP contribution is 2.19. The minimum absolute atomic E-state index is 0.0370. The summed E-state index contributed by atoms with van der Waals surface area (Å²) >= 11 is 3.85. The van der Waals surface area contributed by atoms with Crippen LogP contribution in [-0.2, 0) is 24.0 Å². The first-order valence-corrected chi connectivity index (χ1v) is 9.50. The van der Waals surface area contributed by atoms with Gasteiger partial charge in [0.25, 0.3) is 0 Å². The van der Waals surface area contributed by atoms with Crippen LogP contribution in [0.2, 0.25) is 0 Å². The van der Waals surface area contributed by atoms with Crippen LogP contribution in [0, 0.1) is 0 Å². The molecule has 1 saturated heterocycles. The Morgan fingerprint density at radius 2 is 1.89 bits per heavy atom. The Kier molecular flexibility index (Phi) is 9.19. The van der Waals surface area contributed by atoms with Crippen LogP contribution in [0.5, 0.6) is 0 Å². The van der Waals surface area contributed by atoms with E-state index in [2.05, 4.69) is 23.3 Å². The van der Waals surface area contributed by atoms with Gasteiger partial charge >= 0.3 is 5.97 Å². The molecule has 0 spiro atoms. The minimum Gasteiger partial charge on any atom is -0.480 e. The van der Waals surface area contributed by atoms with Crippen LogP contribution in [-0.4, -0.2) is 76.1 Å². The number of nitrogens with one attached hydrogen (secondary N) is 2. The van der Waals surface area contributed by atoms with Crippen molar-refractivity contribution in [2.75, 3.05) is 12.3 Å². The molecule has 4 unspecified atom stereocenters. The molecule has 1 fully saturated rings. The van der Waals surface area contributed by atoms with Crippen molar-refractivity contribution in [3.8, 4) is 0 Å². The van der Waals surface area contributed by atoms with E-state index in [0.29, 0.717) is 19.4 Å². The minimum atomic E-state index is -1.24. The maximum Gasteiger partial charge on any atom is 0.327 e. The topological polar surface area (TPSA) is 185 Å². The number of rotatable bonds is 10. The second kappa shape index (κ2) is 10.9. The molecule has 28 heavy (non-hydrogen) atoms. The Hall–Kier alpha value is -2.34. The molecular weight excluding hydrogens is 390 g/mol. The zero-order valence-corrected chi connectivity index (χ0v) is 16.5. The van der Waals surface area contributed by atoms with Crippen LogP contribution in [0.25, 0.3) is 0 Å². The van der Waals surface area contributed by atoms with Gasteiger partial charge in [-0.05, 0) is 26.2 Å². The number of likely N-dealkylation sites (tertiary alicyclic amines) is 1. The smallest absolute Gasteiger partial charge is 0.327 e. The highest BCUT2D eigenvalue weighted by molar-refractivity contribution is 7.80. The zero-order chi connectivity index (χ0) is 21.4. The van der Waals surface area contributed by atoms with Crippen molar-refractivity contribution in [2.45, 2.75) is 56.8 Å². The van der Waals surface area contributed by atoms with E-state index >= 15 is 0 Å². The van der Waals surface area contributed by atoms with Crippen LogP contribution >= 0.6 is 12.6 Å². The lowest BCUT2D eigenvalue weighted by Gasteiger charge is -2.27. The molecule has 1 heterocycles. The average Bonchev–Trinajstić information content (AvgIpc) is 3.12. The number of carbonyl (C=O) groups is 5. The summed E-state index contributed by atoms with van der Waals surface area (Å²) in [7, 11) is 0. The molecule has 1 rings (SSSR count). The first kappa shape index (κ1) is 23.7. The third-order valence-electron chi connectivity index (χ3n) is 4.41. The van der Waals surface area contributed by atoms with Crippen LogP contribution < -0.4 is 22.1 Å². The lowest BCUT2D eigenvalue weighted by Crippen LogP contribution is -2.56. The van der Waals surface area contributed by atoms with Gasteiger partial charge in [-0.1, -0.05) is 0 Å². The summed E-state index contributed by atoms with van der Waals surface area (Å²) in [4.78, 5) is 60.2. The molecule has 0 saturated carbocycles. The zero-order valence-electron chi connectivity index (χ0n) is 15.6. The van der Waals surface area contributed by atoms with Crippen molar-refractivity contribution in [1.82, 2.24) is 15.5 Å². The van der Waals surface area contributed by atoms with Crippen molar-refractivity contribution >= 4 is 42.2 Å². The molecule has 4 amide bonds. The molecule has 158 valence electrons. The van der Waals surface area contributed by atoms with Gasteiger partial charge in [-0.15, -0.1) is 0 Å². The Labute approximate surface area is 168 Å². The third-order valence-corrected chi connectivity index (χ3v) is 4.77. The number of nitrogens with zero attached hydrogens (tertiary/aromatic N) is 1. The summed E-state index contributed by atoms with van der Waals surface area (Å²) in [6.07, 6.45) is 1.04. The average molecular weight is 417 g/mol. The summed E-state index contributed by atoms with van der Waals surface area (Å²) in [6, 6.07) is -3.92. The summed E-state index contributed by atoms with van der Waals surface area (Å²) in [6.45, 7) is 1.74. The van der Waals surface area contributed by atoms with E-state index in [-0.39, 0.29) is 18.6 Å². The highest BCUT2D eigenvalue weighted by atomic mass is 32.1. The molecule has 7 N–H and O–H groups in total. The fraction of sp³-hybridized carbons (Fsp3) is 0.688. The number of hydrogen-bond donors (Lipinski definition) is 6. The molecule has 0 aromatic heterocycles. The monoisotopic (exact) mass is 417 g/mol. The molecule has 0 aromatic carbocycles. The van der Waals surface area contributed by atoms with Gasteiger partial charge in [0.1, 0.15) is 18.1 Å². The first-order valence-electron chi connectivity index (χ1n) is 8.87. The molecule has 4 atom stereocenters. The molecule has 1 aliphatic heterocycles. The highest BCUT2D eigenvalue weighted by Gasteiger charge is 2.37. The lowest BCUT2D eigenvalue weighted by atomic mass is 10.1. The number of thiol groups is 1. The molecule has 0 bridgehead atoms. The van der Waals surface area contributed by atoms with Crippen molar-refractivity contribution in [3.63, 3.8) is 0 Å². The van der Waals surface area contributed by atoms with Crippen LogP contribution in [0.3, 0.4) is 0 Å². The number of carboxylic acid groups (broad SMARTS) is 1. The van der Waals surface area contributed by atoms with Crippen molar-refractivity contribution in [2.24, 2.45) is 11.5 Å². The quantitative estimate of drug-likeness (QED) is 0.213. The van der Waals surface area contributed by atoms with E-state index in [4.69, 9.17) is 16.6 Å². The van der Waals surface area contributed by atoms with Gasteiger partial charge in [0.05, 0.1) is 6.04 Å². The van der Waals surface area contributed by atoms with Gasteiger partial charge in [0.2, 0.25) is 23.6 Å². The number of carbonyl (C=O) groups excluding carboxylic acids is 4. The van der Waals surface area contributed by atoms with E-state index in [1.54, 1.807) is 0 Å². The fourth-order valence-corrected chi connectivity index (χ4v) is 3.04. The summed E-state index contributed by atoms with van der Waals surface area (Å²) < 4.78 is 0. The van der Waals surface area contributed by atoms with E-state index in [0.717, 1.165) is 0 Å². The lowest BCUT2D eigenvalue weighted by molar-refractivity contribution is -0.142. The Morgan fingerprint density at radius 1 is 1.25 bits per heavy atom. The van der Waals surface area contributed by atoms with Gasteiger partial charge in [-0.25, -0.2) is 4.79 Å². The summed E-state index contributed by atoms with van der Waals surface area (Å²) in [5, 5.41) is 13.7. The molecule has 0 aromatic rings. The standard InChI is InChI=1S/C16H27N5O6S/c1-8(13(23)20-10(7-28)16(26)27)19-14(24)11-3-2-6-21(11)15(25)9(17)4-5-12(18)22/h8-11,28H,2-7,17H2,1H3,(H2,18,22)(H,19,24)(H,20,23)(H,26,27). The molecule has 0 radical (unpaired) electrons. The molecule has 0 aliphatic carbocycles. The van der Waals surface area contributed by atoms with Crippen LogP contribution in [0.1, 0.15) is 32.6 Å².